The lowest BCUT2D eigenvalue weighted by Gasteiger charge is -2.14. The van der Waals surface area contributed by atoms with Gasteiger partial charge < -0.3 is 14.3 Å². The van der Waals surface area contributed by atoms with Gasteiger partial charge in [0.25, 0.3) is 0 Å². The average Bonchev–Trinajstić information content (AvgIpc) is 3.06. The summed E-state index contributed by atoms with van der Waals surface area (Å²) >= 11 is 0. The lowest BCUT2D eigenvalue weighted by Crippen LogP contribution is -2.25. The van der Waals surface area contributed by atoms with Crippen LogP contribution in [0.1, 0.15) is 16.8 Å². The Hall–Kier alpha value is -1.96. The van der Waals surface area contributed by atoms with Crippen LogP contribution in [0.3, 0.4) is 0 Å². The van der Waals surface area contributed by atoms with Crippen molar-refractivity contribution in [2.75, 3.05) is 27.4 Å². The van der Waals surface area contributed by atoms with Gasteiger partial charge in [-0.05, 0) is 31.2 Å². The van der Waals surface area contributed by atoms with Crippen molar-refractivity contribution in [3.8, 4) is 11.5 Å². The molecule has 1 aliphatic rings. The molecule has 2 heterocycles. The molecule has 1 aromatic heterocycles. The van der Waals surface area contributed by atoms with Gasteiger partial charge in [0.1, 0.15) is 5.75 Å². The number of pyridine rings is 1. The van der Waals surface area contributed by atoms with Crippen LogP contribution in [0.15, 0.2) is 35.4 Å². The smallest absolute Gasteiger partial charge is 0.158 e. The molecule has 2 aromatic rings. The number of methoxy groups -OCH3 is 2. The minimum atomic E-state index is -1.17. The number of ether oxygens (including phenoxy) is 2. The van der Waals surface area contributed by atoms with Crippen molar-refractivity contribution in [1.82, 2.24) is 10.0 Å². The Morgan fingerprint density at radius 3 is 2.72 bits per heavy atom. The first-order valence-electron chi connectivity index (χ1n) is 8.04. The molecule has 7 heteroatoms. The summed E-state index contributed by atoms with van der Waals surface area (Å²) in [7, 11) is 2.11. The highest BCUT2D eigenvalue weighted by atomic mass is 32.2. The fourth-order valence-corrected chi connectivity index (χ4v) is 3.82. The van der Waals surface area contributed by atoms with E-state index in [1.165, 1.54) is 0 Å². The molecule has 1 aromatic carbocycles. The van der Waals surface area contributed by atoms with Gasteiger partial charge in [-0.2, -0.15) is 0 Å². The molecule has 0 saturated heterocycles. The van der Waals surface area contributed by atoms with Crippen molar-refractivity contribution < 1.29 is 18.5 Å². The van der Waals surface area contributed by atoms with Crippen LogP contribution in [0.25, 0.3) is 0 Å². The molecule has 3 rings (SSSR count). The molecule has 1 aliphatic heterocycles. The van der Waals surface area contributed by atoms with Gasteiger partial charge in [-0.3, -0.25) is 9.19 Å². The third-order valence-corrected chi connectivity index (χ3v) is 5.48. The number of aromatic nitrogens is 1. The van der Waals surface area contributed by atoms with E-state index in [1.54, 1.807) is 14.2 Å². The van der Waals surface area contributed by atoms with Crippen molar-refractivity contribution in [2.45, 2.75) is 24.1 Å². The molecular formula is C18H22N2O4S. The highest BCUT2D eigenvalue weighted by Gasteiger charge is 2.25. The fourth-order valence-electron chi connectivity index (χ4n) is 2.67. The molecule has 25 heavy (non-hydrogen) atoms. The van der Waals surface area contributed by atoms with Crippen LogP contribution >= 0.6 is 0 Å². The molecule has 0 N–H and O–H groups in total. The molecule has 6 nitrogen and oxygen atoms in total. The molecule has 0 aliphatic carbocycles. The maximum absolute atomic E-state index is 12.6. The maximum Gasteiger partial charge on any atom is 0.158 e. The molecule has 1 atom stereocenters. The quantitative estimate of drug-likeness (QED) is 0.754. The molecule has 0 saturated carbocycles. The van der Waals surface area contributed by atoms with E-state index in [0.29, 0.717) is 25.4 Å². The Kier molecular flexibility index (Phi) is 5.67. The van der Waals surface area contributed by atoms with Crippen molar-refractivity contribution in [1.29, 1.82) is 0 Å². The molecule has 0 bridgehead atoms. The Morgan fingerprint density at radius 1 is 1.28 bits per heavy atom. The Morgan fingerprint density at radius 2 is 2.04 bits per heavy atom. The van der Waals surface area contributed by atoms with Crippen LogP contribution in [0, 0.1) is 6.92 Å². The van der Waals surface area contributed by atoms with Gasteiger partial charge in [0.05, 0.1) is 49.1 Å². The fraction of sp³-hybridized carbons (Fsp3) is 0.389. The molecule has 0 amide bonds. The Bertz CT molecular complexity index is 764. The number of benzene rings is 1. The standard InChI is InChI=1S/C18H22N2O4S/c1-13-17(12-25(21)16-6-4-15(23-3)5-7-16)19-10-14-11-20(8-9-22-2)24-18(13)14/h4-7,10H,8-9,11-12H2,1-3H3. The van der Waals surface area contributed by atoms with Crippen LogP contribution in [0.2, 0.25) is 0 Å². The lowest BCUT2D eigenvalue weighted by atomic mass is 10.1. The molecule has 1 unspecified atom stereocenters. The predicted molar refractivity (Wildman–Crippen MR) is 95.0 cm³/mol. The molecule has 0 radical (unpaired) electrons. The average molecular weight is 362 g/mol. The van der Waals surface area contributed by atoms with Crippen LogP contribution in [0.4, 0.5) is 0 Å². The maximum atomic E-state index is 12.6. The van der Waals surface area contributed by atoms with Crippen LogP contribution in [-0.2, 0) is 27.8 Å². The first kappa shape index (κ1) is 17.8. The second-order valence-electron chi connectivity index (χ2n) is 5.80. The largest absolute Gasteiger partial charge is 0.497 e. The van der Waals surface area contributed by atoms with Crippen LogP contribution in [-0.4, -0.2) is 41.6 Å². The summed E-state index contributed by atoms with van der Waals surface area (Å²) in [4.78, 5) is 11.2. The Labute approximate surface area is 150 Å². The predicted octanol–water partition coefficient (Wildman–Crippen LogP) is 2.46. The molecular weight excluding hydrogens is 340 g/mol. The number of fused-ring (bicyclic) bond motifs is 1. The number of hydroxylamine groups is 2. The SMILES string of the molecule is COCCN1Cc2cnc(CS(=O)c3ccc(OC)cc3)c(C)c2O1. The van der Waals surface area contributed by atoms with E-state index in [0.717, 1.165) is 33.2 Å². The van der Waals surface area contributed by atoms with Gasteiger partial charge in [-0.15, -0.1) is 5.06 Å². The third-order valence-electron chi connectivity index (χ3n) is 4.14. The molecule has 0 fully saturated rings. The zero-order chi connectivity index (χ0) is 17.8. The van der Waals surface area contributed by atoms with E-state index in [9.17, 15) is 4.21 Å². The highest BCUT2D eigenvalue weighted by molar-refractivity contribution is 7.84. The second-order valence-corrected chi connectivity index (χ2v) is 7.25. The summed E-state index contributed by atoms with van der Waals surface area (Å²) in [6.45, 7) is 3.95. The summed E-state index contributed by atoms with van der Waals surface area (Å²) in [6.07, 6.45) is 1.82. The van der Waals surface area contributed by atoms with Gasteiger partial charge in [0, 0.05) is 29.3 Å². The van der Waals surface area contributed by atoms with Crippen molar-refractivity contribution in [2.24, 2.45) is 0 Å². The molecule has 134 valence electrons. The highest BCUT2D eigenvalue weighted by Crippen LogP contribution is 2.33. The van der Waals surface area contributed by atoms with Crippen molar-refractivity contribution in [3.05, 3.63) is 47.3 Å². The van der Waals surface area contributed by atoms with Crippen molar-refractivity contribution >= 4 is 10.8 Å². The van der Waals surface area contributed by atoms with E-state index >= 15 is 0 Å². The van der Waals surface area contributed by atoms with E-state index in [2.05, 4.69) is 4.98 Å². The van der Waals surface area contributed by atoms with Gasteiger partial charge in [-0.1, -0.05) is 0 Å². The van der Waals surface area contributed by atoms with E-state index in [-0.39, 0.29) is 0 Å². The van der Waals surface area contributed by atoms with E-state index in [4.69, 9.17) is 14.3 Å². The number of rotatable bonds is 7. The van der Waals surface area contributed by atoms with Crippen LogP contribution < -0.4 is 9.57 Å². The number of hydrogen-bond acceptors (Lipinski definition) is 6. The van der Waals surface area contributed by atoms with Crippen molar-refractivity contribution in [3.63, 3.8) is 0 Å². The monoisotopic (exact) mass is 362 g/mol. The second kappa shape index (κ2) is 7.95. The summed E-state index contributed by atoms with van der Waals surface area (Å²) in [5, 5.41) is 1.85. The zero-order valence-corrected chi connectivity index (χ0v) is 15.5. The van der Waals surface area contributed by atoms with Crippen LogP contribution in [0.5, 0.6) is 11.5 Å². The zero-order valence-electron chi connectivity index (χ0n) is 14.7. The lowest BCUT2D eigenvalue weighted by molar-refractivity contribution is -0.0572. The first-order valence-corrected chi connectivity index (χ1v) is 9.36. The third kappa shape index (κ3) is 4.00. The molecule has 0 spiro atoms. The summed E-state index contributed by atoms with van der Waals surface area (Å²) in [5.74, 6) is 1.93. The topological polar surface area (TPSA) is 60.9 Å². The van der Waals surface area contributed by atoms with Gasteiger partial charge in [0.2, 0.25) is 0 Å². The normalized spacial score (nSPS) is 14.8. The van der Waals surface area contributed by atoms with E-state index in [1.807, 2.05) is 42.4 Å². The number of nitrogens with zero attached hydrogens (tertiary/aromatic N) is 2. The first-order chi connectivity index (χ1) is 12.1. The van der Waals surface area contributed by atoms with Gasteiger partial charge in [0.15, 0.2) is 5.75 Å². The summed E-state index contributed by atoms with van der Waals surface area (Å²) in [6, 6.07) is 7.27. The Balaban J connectivity index is 1.73. The minimum Gasteiger partial charge on any atom is -0.497 e. The van der Waals surface area contributed by atoms with Gasteiger partial charge in [-0.25, -0.2) is 0 Å². The van der Waals surface area contributed by atoms with Gasteiger partial charge >= 0.3 is 0 Å². The minimum absolute atomic E-state index is 0.354. The number of hydrogen-bond donors (Lipinski definition) is 0. The van der Waals surface area contributed by atoms with E-state index < -0.39 is 10.8 Å². The summed E-state index contributed by atoms with van der Waals surface area (Å²) < 4.78 is 22.9. The summed E-state index contributed by atoms with van der Waals surface area (Å²) in [5.41, 5.74) is 2.79.